The average Bonchev–Trinajstić information content (AvgIpc) is 2.65. The summed E-state index contributed by atoms with van der Waals surface area (Å²) in [6, 6.07) is 13.6. The summed E-state index contributed by atoms with van der Waals surface area (Å²) in [7, 11) is -0.279. The van der Waals surface area contributed by atoms with Crippen LogP contribution in [-0.4, -0.2) is 40.8 Å². The minimum Gasteiger partial charge on any atom is -0.497 e. The van der Waals surface area contributed by atoms with Crippen molar-refractivity contribution < 1.29 is 22.7 Å². The van der Waals surface area contributed by atoms with Gasteiger partial charge in [-0.2, -0.15) is 0 Å². The van der Waals surface area contributed by atoms with Crippen LogP contribution < -0.4 is 19.1 Å². The van der Waals surface area contributed by atoms with E-state index in [9.17, 15) is 13.2 Å². The minimum absolute atomic E-state index is 0.264. The molecule has 0 unspecified atom stereocenters. The van der Waals surface area contributed by atoms with E-state index in [4.69, 9.17) is 9.47 Å². The lowest BCUT2D eigenvalue weighted by atomic mass is 10.2. The smallest absolute Gasteiger partial charge is 0.265 e. The third kappa shape index (κ3) is 5.62. The summed E-state index contributed by atoms with van der Waals surface area (Å²) >= 11 is 0. The predicted molar refractivity (Wildman–Crippen MR) is 106 cm³/mol. The Morgan fingerprint density at radius 3 is 2.11 bits per heavy atom. The number of amides is 1. The van der Waals surface area contributed by atoms with Gasteiger partial charge in [0.15, 0.2) is 6.10 Å². The number of anilines is 2. The van der Waals surface area contributed by atoms with Crippen molar-refractivity contribution in [3.63, 3.8) is 0 Å². The maximum atomic E-state index is 12.5. The first-order valence-electron chi connectivity index (χ1n) is 8.40. The van der Waals surface area contributed by atoms with Gasteiger partial charge in [-0.25, -0.2) is 8.42 Å². The van der Waals surface area contributed by atoms with Crippen molar-refractivity contribution >= 4 is 27.3 Å². The molecule has 7 nitrogen and oxygen atoms in total. The Hall–Kier alpha value is -2.74. The molecule has 1 atom stereocenters. The first-order chi connectivity index (χ1) is 12.7. The molecule has 1 N–H and O–H groups in total. The number of carbonyl (C=O) groups excluding carboxylic acids is 1. The fraction of sp³-hybridized carbons (Fsp3) is 0.316. The zero-order valence-corrected chi connectivity index (χ0v) is 16.6. The molecule has 2 aromatic rings. The summed E-state index contributed by atoms with van der Waals surface area (Å²) in [6.07, 6.45) is 0.937. The molecule has 0 saturated heterocycles. The lowest BCUT2D eigenvalue weighted by Gasteiger charge is -2.19. The first-order valence-corrected chi connectivity index (χ1v) is 10.2. The van der Waals surface area contributed by atoms with Gasteiger partial charge < -0.3 is 14.8 Å². The molecule has 8 heteroatoms. The van der Waals surface area contributed by atoms with Gasteiger partial charge in [0.2, 0.25) is 10.0 Å². The summed E-state index contributed by atoms with van der Waals surface area (Å²) in [5.74, 6) is 0.924. The average molecular weight is 392 g/mol. The second-order valence-electron chi connectivity index (χ2n) is 5.96. The SMILES string of the molecule is CC[C@@H](Oc1ccc(N(C)S(C)(=O)=O)cc1)C(=O)Nc1ccc(OC)cc1. The van der Waals surface area contributed by atoms with Gasteiger partial charge in [-0.05, 0) is 55.0 Å². The number of nitrogens with zero attached hydrogens (tertiary/aromatic N) is 1. The van der Waals surface area contributed by atoms with Crippen LogP contribution in [-0.2, 0) is 14.8 Å². The van der Waals surface area contributed by atoms with Crippen LogP contribution in [0.15, 0.2) is 48.5 Å². The molecular weight excluding hydrogens is 368 g/mol. The molecule has 0 saturated carbocycles. The van der Waals surface area contributed by atoms with Gasteiger partial charge >= 0.3 is 0 Å². The van der Waals surface area contributed by atoms with Crippen LogP contribution in [0.2, 0.25) is 0 Å². The summed E-state index contributed by atoms with van der Waals surface area (Å²) < 4.78 is 35.2. The molecule has 2 rings (SSSR count). The minimum atomic E-state index is -3.33. The highest BCUT2D eigenvalue weighted by molar-refractivity contribution is 7.92. The molecule has 0 radical (unpaired) electrons. The number of nitrogens with one attached hydrogen (secondary N) is 1. The van der Waals surface area contributed by atoms with Crippen molar-refractivity contribution in [2.45, 2.75) is 19.4 Å². The maximum absolute atomic E-state index is 12.5. The van der Waals surface area contributed by atoms with Crippen molar-refractivity contribution in [3.8, 4) is 11.5 Å². The van der Waals surface area contributed by atoms with E-state index in [1.807, 2.05) is 6.92 Å². The number of methoxy groups -OCH3 is 1. The molecule has 27 heavy (non-hydrogen) atoms. The topological polar surface area (TPSA) is 84.9 Å². The Morgan fingerprint density at radius 1 is 1.07 bits per heavy atom. The predicted octanol–water partition coefficient (Wildman–Crippen LogP) is 2.89. The second-order valence-corrected chi connectivity index (χ2v) is 7.97. The molecule has 0 spiro atoms. The van der Waals surface area contributed by atoms with Crippen LogP contribution in [0.1, 0.15) is 13.3 Å². The zero-order valence-electron chi connectivity index (χ0n) is 15.8. The maximum Gasteiger partial charge on any atom is 0.265 e. The molecule has 146 valence electrons. The van der Waals surface area contributed by atoms with E-state index in [1.54, 1.807) is 55.6 Å². The van der Waals surface area contributed by atoms with Crippen LogP contribution in [0.25, 0.3) is 0 Å². The fourth-order valence-corrected chi connectivity index (χ4v) is 2.81. The number of hydrogen-bond acceptors (Lipinski definition) is 5. The van der Waals surface area contributed by atoms with Gasteiger partial charge in [0.25, 0.3) is 5.91 Å². The van der Waals surface area contributed by atoms with E-state index in [2.05, 4.69) is 5.32 Å². The standard InChI is InChI=1S/C19H24N2O5S/c1-5-18(19(22)20-14-6-10-16(25-3)11-7-14)26-17-12-8-15(9-13-17)21(2)27(4,23)24/h6-13,18H,5H2,1-4H3,(H,20,22)/t18-/m1/s1. The van der Waals surface area contributed by atoms with Crippen LogP contribution in [0.5, 0.6) is 11.5 Å². The molecule has 0 aliphatic rings. The Bertz CT molecular complexity index is 864. The molecular formula is C19H24N2O5S. The highest BCUT2D eigenvalue weighted by atomic mass is 32.2. The van der Waals surface area contributed by atoms with Gasteiger partial charge in [0.05, 0.1) is 19.1 Å². The third-order valence-corrected chi connectivity index (χ3v) is 5.20. The first kappa shape index (κ1) is 20.6. The summed E-state index contributed by atoms with van der Waals surface area (Å²) in [5, 5.41) is 2.81. The highest BCUT2D eigenvalue weighted by Crippen LogP contribution is 2.22. The molecule has 2 aromatic carbocycles. The fourth-order valence-electron chi connectivity index (χ4n) is 2.31. The summed E-state index contributed by atoms with van der Waals surface area (Å²) in [4.78, 5) is 12.5. The lowest BCUT2D eigenvalue weighted by molar-refractivity contribution is -0.122. The number of sulfonamides is 1. The van der Waals surface area contributed by atoms with Crippen molar-refractivity contribution in [1.82, 2.24) is 0 Å². The van der Waals surface area contributed by atoms with Crippen molar-refractivity contribution in [1.29, 1.82) is 0 Å². The van der Waals surface area contributed by atoms with E-state index in [1.165, 1.54) is 11.4 Å². The van der Waals surface area contributed by atoms with Crippen molar-refractivity contribution in [2.24, 2.45) is 0 Å². The van der Waals surface area contributed by atoms with E-state index in [0.29, 0.717) is 29.3 Å². The van der Waals surface area contributed by atoms with Crippen molar-refractivity contribution in [3.05, 3.63) is 48.5 Å². The monoisotopic (exact) mass is 392 g/mol. The summed E-state index contributed by atoms with van der Waals surface area (Å²) in [6.45, 7) is 1.85. The van der Waals surface area contributed by atoms with E-state index < -0.39 is 16.1 Å². The normalized spacial score (nSPS) is 12.1. The largest absolute Gasteiger partial charge is 0.497 e. The van der Waals surface area contributed by atoms with Crippen LogP contribution in [0.3, 0.4) is 0 Å². The van der Waals surface area contributed by atoms with Gasteiger partial charge in [-0.15, -0.1) is 0 Å². The van der Waals surface area contributed by atoms with E-state index in [0.717, 1.165) is 6.26 Å². The number of rotatable bonds is 8. The highest BCUT2D eigenvalue weighted by Gasteiger charge is 2.19. The Labute approximate surface area is 160 Å². The molecule has 0 fully saturated rings. The van der Waals surface area contributed by atoms with Gasteiger partial charge in [0.1, 0.15) is 11.5 Å². The number of hydrogen-bond donors (Lipinski definition) is 1. The van der Waals surface area contributed by atoms with Crippen molar-refractivity contribution in [2.75, 3.05) is 30.0 Å². The Kier molecular flexibility index (Phi) is 6.68. The second kappa shape index (κ2) is 8.77. The number of ether oxygens (including phenoxy) is 2. The van der Waals surface area contributed by atoms with E-state index in [-0.39, 0.29) is 5.91 Å². The molecule has 1 amide bonds. The van der Waals surface area contributed by atoms with Crippen LogP contribution in [0, 0.1) is 0 Å². The quantitative estimate of drug-likeness (QED) is 0.747. The van der Waals surface area contributed by atoms with E-state index >= 15 is 0 Å². The Balaban J connectivity index is 2.03. The number of carbonyl (C=O) groups is 1. The number of benzene rings is 2. The molecule has 0 heterocycles. The molecule has 0 aromatic heterocycles. The van der Waals surface area contributed by atoms with Gasteiger partial charge in [-0.1, -0.05) is 6.92 Å². The molecule has 0 aliphatic heterocycles. The molecule has 0 aliphatic carbocycles. The molecule has 0 bridgehead atoms. The van der Waals surface area contributed by atoms with Crippen LogP contribution in [0.4, 0.5) is 11.4 Å². The van der Waals surface area contributed by atoms with Gasteiger partial charge in [0, 0.05) is 12.7 Å². The zero-order chi connectivity index (χ0) is 20.0. The van der Waals surface area contributed by atoms with Gasteiger partial charge in [-0.3, -0.25) is 9.10 Å². The summed E-state index contributed by atoms with van der Waals surface area (Å²) in [5.41, 5.74) is 1.16. The third-order valence-electron chi connectivity index (χ3n) is 4.00. The lowest BCUT2D eigenvalue weighted by Crippen LogP contribution is -2.32. The van der Waals surface area contributed by atoms with Crippen LogP contribution >= 0.6 is 0 Å². The Morgan fingerprint density at radius 2 is 1.63 bits per heavy atom.